The summed E-state index contributed by atoms with van der Waals surface area (Å²) in [5.74, 6) is -1.98. The molecule has 0 atom stereocenters. The molecule has 1 N–H and O–H groups in total. The summed E-state index contributed by atoms with van der Waals surface area (Å²) in [5, 5.41) is 5.49. The lowest BCUT2D eigenvalue weighted by Gasteiger charge is -2.07. The zero-order chi connectivity index (χ0) is 21.4. The Kier molecular flexibility index (Phi) is 4.59. The first-order chi connectivity index (χ1) is 15.1. The number of nitrogens with one attached hydrogen (secondary N) is 1. The SMILES string of the molecule is O=C1C=C(NC(=O)C(=O)c2cn(Cc3ccc4ccccc4c3)c3ccccc23)CO1. The summed E-state index contributed by atoms with van der Waals surface area (Å²) in [7, 11) is 0. The van der Waals surface area contributed by atoms with E-state index >= 15 is 0 Å². The summed E-state index contributed by atoms with van der Waals surface area (Å²) in [5.41, 5.74) is 2.56. The molecule has 2 heterocycles. The predicted octanol–water partition coefficient (Wildman–Crippen LogP) is 3.58. The number of fused-ring (bicyclic) bond motifs is 2. The molecule has 0 saturated carbocycles. The number of hydrogen-bond acceptors (Lipinski definition) is 4. The molecule has 0 saturated heterocycles. The average Bonchev–Trinajstić information content (AvgIpc) is 3.36. The van der Waals surface area contributed by atoms with Gasteiger partial charge in [-0.05, 0) is 28.5 Å². The van der Waals surface area contributed by atoms with Crippen molar-refractivity contribution in [2.24, 2.45) is 0 Å². The third-order valence-electron chi connectivity index (χ3n) is 5.34. The number of esters is 1. The summed E-state index contributed by atoms with van der Waals surface area (Å²) in [4.78, 5) is 36.5. The summed E-state index contributed by atoms with van der Waals surface area (Å²) >= 11 is 0. The van der Waals surface area contributed by atoms with E-state index in [9.17, 15) is 14.4 Å². The molecule has 3 aromatic carbocycles. The lowest BCUT2D eigenvalue weighted by Crippen LogP contribution is -2.31. The van der Waals surface area contributed by atoms with E-state index in [0.29, 0.717) is 17.5 Å². The molecule has 0 aliphatic carbocycles. The lowest BCUT2D eigenvalue weighted by atomic mass is 10.1. The molecule has 0 unspecified atom stereocenters. The van der Waals surface area contributed by atoms with Crippen molar-refractivity contribution in [2.75, 3.05) is 6.61 Å². The maximum absolute atomic E-state index is 12.9. The highest BCUT2D eigenvalue weighted by atomic mass is 16.5. The van der Waals surface area contributed by atoms with E-state index in [1.54, 1.807) is 6.20 Å². The first kappa shape index (κ1) is 18.8. The highest BCUT2D eigenvalue weighted by Gasteiger charge is 2.24. The summed E-state index contributed by atoms with van der Waals surface area (Å²) in [6, 6.07) is 21.9. The van der Waals surface area contributed by atoms with Gasteiger partial charge in [-0.3, -0.25) is 9.59 Å². The van der Waals surface area contributed by atoms with E-state index < -0.39 is 17.7 Å². The van der Waals surface area contributed by atoms with Gasteiger partial charge < -0.3 is 14.6 Å². The number of ketones is 1. The number of nitrogens with zero attached hydrogens (tertiary/aromatic N) is 1. The summed E-state index contributed by atoms with van der Waals surface area (Å²) in [6.07, 6.45) is 2.89. The van der Waals surface area contributed by atoms with Crippen LogP contribution < -0.4 is 5.32 Å². The van der Waals surface area contributed by atoms with Crippen LogP contribution in [0.15, 0.2) is 84.7 Å². The number of aromatic nitrogens is 1. The molecule has 0 radical (unpaired) electrons. The lowest BCUT2D eigenvalue weighted by molar-refractivity contribution is -0.135. The molecule has 1 aliphatic rings. The summed E-state index contributed by atoms with van der Waals surface area (Å²) < 4.78 is 6.74. The Morgan fingerprint density at radius 1 is 0.968 bits per heavy atom. The van der Waals surface area contributed by atoms with Crippen LogP contribution in [0.3, 0.4) is 0 Å². The molecule has 5 rings (SSSR count). The highest BCUT2D eigenvalue weighted by molar-refractivity contribution is 6.45. The molecule has 31 heavy (non-hydrogen) atoms. The molecule has 0 bridgehead atoms. The van der Waals surface area contributed by atoms with Gasteiger partial charge in [-0.1, -0.05) is 54.6 Å². The van der Waals surface area contributed by atoms with Gasteiger partial charge in [-0.2, -0.15) is 0 Å². The van der Waals surface area contributed by atoms with E-state index in [0.717, 1.165) is 16.5 Å². The smallest absolute Gasteiger partial charge is 0.333 e. The van der Waals surface area contributed by atoms with Crippen molar-refractivity contribution in [3.8, 4) is 0 Å². The Morgan fingerprint density at radius 2 is 1.74 bits per heavy atom. The molecule has 1 amide bonds. The molecule has 0 spiro atoms. The van der Waals surface area contributed by atoms with Gasteiger partial charge in [-0.15, -0.1) is 0 Å². The molecule has 1 aromatic heterocycles. The Labute approximate surface area is 177 Å². The van der Waals surface area contributed by atoms with Gasteiger partial charge in [0.25, 0.3) is 11.7 Å². The van der Waals surface area contributed by atoms with E-state index in [-0.39, 0.29) is 12.3 Å². The number of para-hydroxylation sites is 1. The third-order valence-corrected chi connectivity index (χ3v) is 5.34. The highest BCUT2D eigenvalue weighted by Crippen LogP contribution is 2.24. The second kappa shape index (κ2) is 7.57. The minimum absolute atomic E-state index is 0.0401. The van der Waals surface area contributed by atoms with E-state index in [1.807, 2.05) is 41.0 Å². The van der Waals surface area contributed by atoms with Crippen LogP contribution in [0.5, 0.6) is 0 Å². The summed E-state index contributed by atoms with van der Waals surface area (Å²) in [6.45, 7) is 0.523. The number of Topliss-reactive ketones (excluding diaryl/α,β-unsaturated/α-hetero) is 1. The number of amides is 1. The maximum Gasteiger partial charge on any atom is 0.333 e. The van der Waals surface area contributed by atoms with Gasteiger partial charge in [0.1, 0.15) is 6.61 Å². The Morgan fingerprint density at radius 3 is 2.55 bits per heavy atom. The van der Waals surface area contributed by atoms with Gasteiger partial charge in [0.2, 0.25) is 0 Å². The number of benzene rings is 3. The largest absolute Gasteiger partial charge is 0.456 e. The topological polar surface area (TPSA) is 77.4 Å². The van der Waals surface area contributed by atoms with E-state index in [2.05, 4.69) is 35.6 Å². The zero-order valence-electron chi connectivity index (χ0n) is 16.5. The van der Waals surface area contributed by atoms with Gasteiger partial charge in [0.05, 0.1) is 11.3 Å². The standard InChI is InChI=1S/C25H18N2O4/c28-23-12-19(15-31-23)26-25(30)24(29)21-14-27(22-8-4-3-7-20(21)22)13-16-9-10-17-5-1-2-6-18(17)11-16/h1-12,14H,13,15H2,(H,26,30). The molecule has 0 fully saturated rings. The van der Waals surface area contributed by atoms with Crippen molar-refractivity contribution in [1.29, 1.82) is 0 Å². The molecular weight excluding hydrogens is 392 g/mol. The van der Waals surface area contributed by atoms with Gasteiger partial charge in [-0.25, -0.2) is 4.79 Å². The molecule has 1 aliphatic heterocycles. The molecule has 4 aromatic rings. The van der Waals surface area contributed by atoms with Crippen molar-refractivity contribution in [3.05, 3.63) is 95.8 Å². The minimum Gasteiger partial charge on any atom is -0.456 e. The van der Waals surface area contributed by atoms with Crippen molar-refractivity contribution in [1.82, 2.24) is 9.88 Å². The Bertz CT molecular complexity index is 1400. The fraction of sp³-hybridized carbons (Fsp3) is 0.0800. The molecule has 6 heteroatoms. The molecule has 152 valence electrons. The predicted molar refractivity (Wildman–Crippen MR) is 117 cm³/mol. The third kappa shape index (κ3) is 3.59. The number of cyclic esters (lactones) is 1. The molecular formula is C25H18N2O4. The van der Waals surface area contributed by atoms with Crippen LogP contribution in [-0.4, -0.2) is 28.8 Å². The van der Waals surface area contributed by atoms with Crippen molar-refractivity contribution < 1.29 is 19.1 Å². The Hall–Kier alpha value is -4.19. The zero-order valence-corrected chi connectivity index (χ0v) is 16.5. The number of carbonyl (C=O) groups excluding carboxylic acids is 3. The number of rotatable bonds is 5. The molecule has 6 nitrogen and oxygen atoms in total. The number of ether oxygens (including phenoxy) is 1. The minimum atomic E-state index is -0.793. The van der Waals surface area contributed by atoms with E-state index in [1.165, 1.54) is 11.5 Å². The second-order valence-electron chi connectivity index (χ2n) is 7.43. The second-order valence-corrected chi connectivity index (χ2v) is 7.43. The monoisotopic (exact) mass is 410 g/mol. The number of hydrogen-bond donors (Lipinski definition) is 1. The van der Waals surface area contributed by atoms with Crippen LogP contribution in [0, 0.1) is 0 Å². The van der Waals surface area contributed by atoms with Crippen LogP contribution in [0.25, 0.3) is 21.7 Å². The average molecular weight is 410 g/mol. The van der Waals surface area contributed by atoms with Gasteiger partial charge in [0.15, 0.2) is 0 Å². The van der Waals surface area contributed by atoms with Crippen LogP contribution in [0.4, 0.5) is 0 Å². The normalized spacial score (nSPS) is 13.3. The van der Waals surface area contributed by atoms with Gasteiger partial charge >= 0.3 is 5.97 Å². The number of carbonyl (C=O) groups is 3. The van der Waals surface area contributed by atoms with Crippen LogP contribution in [-0.2, 0) is 20.9 Å². The van der Waals surface area contributed by atoms with E-state index in [4.69, 9.17) is 4.74 Å². The first-order valence-corrected chi connectivity index (χ1v) is 9.87. The fourth-order valence-corrected chi connectivity index (χ4v) is 3.86. The van der Waals surface area contributed by atoms with Crippen molar-refractivity contribution >= 4 is 39.3 Å². The maximum atomic E-state index is 12.9. The van der Waals surface area contributed by atoms with Crippen LogP contribution in [0.2, 0.25) is 0 Å². The van der Waals surface area contributed by atoms with Crippen LogP contribution in [0.1, 0.15) is 15.9 Å². The van der Waals surface area contributed by atoms with Crippen molar-refractivity contribution in [3.63, 3.8) is 0 Å². The first-order valence-electron chi connectivity index (χ1n) is 9.87. The Balaban J connectivity index is 1.47. The van der Waals surface area contributed by atoms with Crippen molar-refractivity contribution in [2.45, 2.75) is 6.54 Å². The fourth-order valence-electron chi connectivity index (χ4n) is 3.86. The van der Waals surface area contributed by atoms with Crippen LogP contribution >= 0.6 is 0 Å². The quantitative estimate of drug-likeness (QED) is 0.310. The van der Waals surface area contributed by atoms with Gasteiger partial charge in [0, 0.05) is 29.7 Å².